The minimum atomic E-state index is -4.86. The van der Waals surface area contributed by atoms with Crippen LogP contribution in [-0.2, 0) is 15.0 Å². The molecule has 1 aliphatic heterocycles. The van der Waals surface area contributed by atoms with E-state index in [9.17, 15) is 27.2 Å². The maximum Gasteiger partial charge on any atom is 0.311 e. The standard InChI is InChI=1S/C9H8FN3O5S/c10-19(17,18)6-3-9(14)12(5-6)7-1-2-11-4-8(7)13(15)16/h1-2,4,6H,3,5H2. The first-order valence-corrected chi connectivity index (χ1v) is 6.57. The maximum atomic E-state index is 12.9. The van der Waals surface area contributed by atoms with Crippen molar-refractivity contribution in [2.24, 2.45) is 0 Å². The summed E-state index contributed by atoms with van der Waals surface area (Å²) in [6.07, 6.45) is 1.64. The maximum absolute atomic E-state index is 12.9. The predicted molar refractivity (Wildman–Crippen MR) is 61.7 cm³/mol. The second kappa shape index (κ2) is 4.53. The molecule has 1 aliphatic rings. The number of nitrogens with zero attached hydrogens (tertiary/aromatic N) is 3. The predicted octanol–water partition coefficient (Wildman–Crippen LogP) is 0.394. The highest BCUT2D eigenvalue weighted by atomic mass is 32.3. The van der Waals surface area contributed by atoms with E-state index in [4.69, 9.17) is 0 Å². The van der Waals surface area contributed by atoms with Crippen molar-refractivity contribution in [1.29, 1.82) is 0 Å². The number of carbonyl (C=O) groups excluding carboxylic acids is 1. The second-order valence-corrected chi connectivity index (χ2v) is 5.55. The van der Waals surface area contributed by atoms with Crippen molar-refractivity contribution in [2.45, 2.75) is 11.7 Å². The van der Waals surface area contributed by atoms with Gasteiger partial charge in [-0.25, -0.2) is 0 Å². The van der Waals surface area contributed by atoms with Gasteiger partial charge in [-0.15, -0.1) is 3.89 Å². The SMILES string of the molecule is O=C1CC(S(=O)(=O)F)CN1c1ccncc1[N+](=O)[O-]. The Hall–Kier alpha value is -2.10. The summed E-state index contributed by atoms with van der Waals surface area (Å²) in [6, 6.07) is 1.21. The zero-order valence-corrected chi connectivity index (χ0v) is 10.2. The molecule has 102 valence electrons. The van der Waals surface area contributed by atoms with E-state index in [1.54, 1.807) is 0 Å². The number of carbonyl (C=O) groups is 1. The number of aromatic nitrogens is 1. The molecule has 0 aliphatic carbocycles. The summed E-state index contributed by atoms with van der Waals surface area (Å²) in [4.78, 5) is 26.2. The highest BCUT2D eigenvalue weighted by Gasteiger charge is 2.41. The lowest BCUT2D eigenvalue weighted by Gasteiger charge is -2.15. The summed E-state index contributed by atoms with van der Waals surface area (Å²) in [5.74, 6) is -0.680. The van der Waals surface area contributed by atoms with E-state index < -0.39 is 45.0 Å². The molecule has 2 rings (SSSR count). The van der Waals surface area contributed by atoms with Crippen LogP contribution in [0.15, 0.2) is 18.5 Å². The third kappa shape index (κ3) is 2.52. The van der Waals surface area contributed by atoms with Gasteiger partial charge in [0.05, 0.1) is 4.92 Å². The van der Waals surface area contributed by atoms with Gasteiger partial charge in [-0.1, -0.05) is 0 Å². The first kappa shape index (κ1) is 13.3. The minimum absolute atomic E-state index is 0.0869. The molecule has 0 saturated carbocycles. The molecule has 1 aromatic rings. The van der Waals surface area contributed by atoms with Crippen LogP contribution in [0.25, 0.3) is 0 Å². The van der Waals surface area contributed by atoms with E-state index >= 15 is 0 Å². The Kier molecular flexibility index (Phi) is 3.18. The van der Waals surface area contributed by atoms with Crippen LogP contribution < -0.4 is 4.90 Å². The molecule has 0 bridgehead atoms. The van der Waals surface area contributed by atoms with E-state index in [1.807, 2.05) is 0 Å². The van der Waals surface area contributed by atoms with Crippen LogP contribution in [0.1, 0.15) is 6.42 Å². The quantitative estimate of drug-likeness (QED) is 0.452. The monoisotopic (exact) mass is 289 g/mol. The molecule has 1 aromatic heterocycles. The molecule has 2 heterocycles. The van der Waals surface area contributed by atoms with Crippen LogP contribution in [-0.4, -0.2) is 36.0 Å². The summed E-state index contributed by atoms with van der Waals surface area (Å²) in [5.41, 5.74) is -0.524. The largest absolute Gasteiger partial charge is 0.311 e. The number of anilines is 1. The Bertz CT molecular complexity index is 647. The fourth-order valence-corrected chi connectivity index (χ4v) is 2.51. The fraction of sp³-hybridized carbons (Fsp3) is 0.333. The van der Waals surface area contributed by atoms with Crippen LogP contribution in [0, 0.1) is 10.1 Å². The average molecular weight is 289 g/mol. The molecule has 0 aromatic carbocycles. The molecular weight excluding hydrogens is 281 g/mol. The van der Waals surface area contributed by atoms with Crippen molar-refractivity contribution in [2.75, 3.05) is 11.4 Å². The van der Waals surface area contributed by atoms with Crippen molar-refractivity contribution in [3.8, 4) is 0 Å². The summed E-state index contributed by atoms with van der Waals surface area (Å²) >= 11 is 0. The Labute approximate surface area is 107 Å². The van der Waals surface area contributed by atoms with E-state index in [1.165, 1.54) is 12.3 Å². The topological polar surface area (TPSA) is 110 Å². The molecule has 19 heavy (non-hydrogen) atoms. The van der Waals surface area contributed by atoms with E-state index in [0.29, 0.717) is 0 Å². The van der Waals surface area contributed by atoms with Gasteiger partial charge in [0.25, 0.3) is 0 Å². The molecule has 1 amide bonds. The minimum Gasteiger partial charge on any atom is -0.305 e. The first-order valence-electron chi connectivity index (χ1n) is 5.13. The van der Waals surface area contributed by atoms with Gasteiger partial charge in [0, 0.05) is 19.2 Å². The number of nitro groups is 1. The van der Waals surface area contributed by atoms with Gasteiger partial charge in [0.2, 0.25) is 5.91 Å². The van der Waals surface area contributed by atoms with Gasteiger partial charge < -0.3 is 4.90 Å². The number of pyridine rings is 1. The van der Waals surface area contributed by atoms with Crippen LogP contribution >= 0.6 is 0 Å². The lowest BCUT2D eigenvalue weighted by Crippen LogP contribution is -2.27. The first-order chi connectivity index (χ1) is 8.80. The molecule has 1 saturated heterocycles. The zero-order valence-electron chi connectivity index (χ0n) is 9.39. The number of rotatable bonds is 3. The fourth-order valence-electron chi connectivity index (χ4n) is 1.84. The smallest absolute Gasteiger partial charge is 0.305 e. The van der Waals surface area contributed by atoms with Crippen LogP contribution in [0.4, 0.5) is 15.3 Å². The summed E-state index contributed by atoms with van der Waals surface area (Å²) < 4.78 is 34.4. The van der Waals surface area contributed by atoms with Crippen LogP contribution in [0.2, 0.25) is 0 Å². The van der Waals surface area contributed by atoms with Gasteiger partial charge in [-0.3, -0.25) is 19.9 Å². The number of hydrogen-bond donors (Lipinski definition) is 0. The van der Waals surface area contributed by atoms with Gasteiger partial charge in [0.1, 0.15) is 17.1 Å². The third-order valence-corrected chi connectivity index (χ3v) is 3.86. The lowest BCUT2D eigenvalue weighted by molar-refractivity contribution is -0.384. The van der Waals surface area contributed by atoms with E-state index in [-0.39, 0.29) is 5.69 Å². The lowest BCUT2D eigenvalue weighted by atomic mass is 10.3. The normalized spacial score (nSPS) is 19.7. The van der Waals surface area contributed by atoms with Gasteiger partial charge in [-0.05, 0) is 6.07 Å². The van der Waals surface area contributed by atoms with Gasteiger partial charge >= 0.3 is 15.9 Å². The Morgan fingerprint density at radius 2 is 2.21 bits per heavy atom. The molecule has 10 heteroatoms. The molecule has 1 fully saturated rings. The molecule has 0 N–H and O–H groups in total. The highest BCUT2D eigenvalue weighted by molar-refractivity contribution is 7.87. The van der Waals surface area contributed by atoms with Crippen molar-refractivity contribution in [3.05, 3.63) is 28.6 Å². The number of hydrogen-bond acceptors (Lipinski definition) is 6. The Morgan fingerprint density at radius 3 is 2.74 bits per heavy atom. The van der Waals surface area contributed by atoms with E-state index in [0.717, 1.165) is 11.1 Å². The Morgan fingerprint density at radius 1 is 1.53 bits per heavy atom. The molecule has 0 spiro atoms. The molecule has 1 atom stereocenters. The average Bonchev–Trinajstić information content (AvgIpc) is 2.71. The molecule has 8 nitrogen and oxygen atoms in total. The van der Waals surface area contributed by atoms with Crippen molar-refractivity contribution in [1.82, 2.24) is 4.98 Å². The molecule has 0 radical (unpaired) electrons. The van der Waals surface area contributed by atoms with Crippen molar-refractivity contribution < 1.29 is 22.0 Å². The highest BCUT2D eigenvalue weighted by Crippen LogP contribution is 2.32. The summed E-state index contributed by atoms with van der Waals surface area (Å²) in [7, 11) is -4.86. The van der Waals surface area contributed by atoms with Crippen LogP contribution in [0.3, 0.4) is 0 Å². The van der Waals surface area contributed by atoms with E-state index in [2.05, 4.69) is 4.98 Å². The van der Waals surface area contributed by atoms with Gasteiger partial charge in [-0.2, -0.15) is 8.42 Å². The molecular formula is C9H8FN3O5S. The van der Waals surface area contributed by atoms with Gasteiger partial charge in [0.15, 0.2) is 0 Å². The zero-order chi connectivity index (χ0) is 14.2. The van der Waals surface area contributed by atoms with Crippen LogP contribution in [0.5, 0.6) is 0 Å². The third-order valence-electron chi connectivity index (χ3n) is 2.75. The number of halogens is 1. The Balaban J connectivity index is 2.39. The summed E-state index contributed by atoms with van der Waals surface area (Å²) in [6.45, 7) is -0.442. The van der Waals surface area contributed by atoms with Crippen molar-refractivity contribution >= 4 is 27.5 Å². The number of amides is 1. The summed E-state index contributed by atoms with van der Waals surface area (Å²) in [5, 5.41) is 9.31. The van der Waals surface area contributed by atoms with Crippen molar-refractivity contribution in [3.63, 3.8) is 0 Å². The second-order valence-electron chi connectivity index (χ2n) is 3.93. The molecule has 1 unspecified atom stereocenters.